The molecule has 1 atom stereocenters. The molecule has 0 radical (unpaired) electrons. The van der Waals surface area contributed by atoms with Crippen LogP contribution in [0, 0.1) is 13.8 Å². The Hall–Kier alpha value is -2.82. The molecule has 0 amide bonds. The van der Waals surface area contributed by atoms with E-state index >= 15 is 0 Å². The average Bonchev–Trinajstić information content (AvgIpc) is 3.46. The maximum atomic E-state index is 12.7. The number of thiophene rings is 1. The highest BCUT2D eigenvalue weighted by molar-refractivity contribution is 7.91. The third-order valence-corrected chi connectivity index (χ3v) is 9.21. The molecule has 1 aliphatic heterocycles. The first-order valence-corrected chi connectivity index (χ1v) is 13.9. The van der Waals surface area contributed by atoms with E-state index < -0.39 is 9.84 Å². The molecular weight excluding hydrogens is 470 g/mol. The van der Waals surface area contributed by atoms with Crippen LogP contribution in [0.5, 0.6) is 0 Å². The van der Waals surface area contributed by atoms with Crippen LogP contribution in [0.3, 0.4) is 0 Å². The van der Waals surface area contributed by atoms with Crippen LogP contribution < -0.4 is 5.56 Å². The number of nitrogens with one attached hydrogen (secondary N) is 1. The van der Waals surface area contributed by atoms with Crippen LogP contribution in [0.25, 0.3) is 20.7 Å². The maximum absolute atomic E-state index is 12.7. The van der Waals surface area contributed by atoms with E-state index in [0.29, 0.717) is 30.7 Å². The Morgan fingerprint density at radius 1 is 1.21 bits per heavy atom. The van der Waals surface area contributed by atoms with Crippen molar-refractivity contribution in [2.75, 3.05) is 18.6 Å². The Bertz CT molecular complexity index is 1520. The normalized spacial score (nSPS) is 17.7. The summed E-state index contributed by atoms with van der Waals surface area (Å²) in [5.74, 6) is 0.994. The number of nitrogens with zero attached hydrogens (tertiary/aromatic N) is 4. The third-order valence-electron chi connectivity index (χ3n) is 6.39. The summed E-state index contributed by atoms with van der Waals surface area (Å²) in [6.45, 7) is 5.06. The van der Waals surface area contributed by atoms with Crippen LogP contribution in [0.15, 0.2) is 41.2 Å². The van der Waals surface area contributed by atoms with E-state index in [1.54, 1.807) is 0 Å². The fourth-order valence-electron chi connectivity index (χ4n) is 4.63. The van der Waals surface area contributed by atoms with Gasteiger partial charge < -0.3 is 4.98 Å². The van der Waals surface area contributed by atoms with Crippen LogP contribution in [-0.2, 0) is 22.9 Å². The highest BCUT2D eigenvalue weighted by atomic mass is 32.2. The van der Waals surface area contributed by atoms with Gasteiger partial charge in [0.1, 0.15) is 10.7 Å². The molecule has 0 unspecified atom stereocenters. The number of hydrogen-bond acceptors (Lipinski definition) is 7. The van der Waals surface area contributed by atoms with Crippen molar-refractivity contribution >= 4 is 31.4 Å². The van der Waals surface area contributed by atoms with Gasteiger partial charge in [-0.1, -0.05) is 30.3 Å². The number of hydrogen-bond donors (Lipinski definition) is 1. The monoisotopic (exact) mass is 497 g/mol. The van der Waals surface area contributed by atoms with E-state index in [2.05, 4.69) is 15.0 Å². The molecule has 5 rings (SSSR count). The molecule has 3 aromatic heterocycles. The van der Waals surface area contributed by atoms with Crippen molar-refractivity contribution in [1.29, 1.82) is 0 Å². The van der Waals surface area contributed by atoms with Crippen LogP contribution in [0.4, 0.5) is 0 Å². The first kappa shape index (κ1) is 22.9. The van der Waals surface area contributed by atoms with Crippen molar-refractivity contribution in [3.63, 3.8) is 0 Å². The lowest BCUT2D eigenvalue weighted by Crippen LogP contribution is -2.22. The lowest BCUT2D eigenvalue weighted by Gasteiger charge is -2.17. The van der Waals surface area contributed by atoms with Crippen LogP contribution in [-0.4, -0.2) is 51.6 Å². The van der Waals surface area contributed by atoms with Crippen molar-refractivity contribution in [3.8, 4) is 10.4 Å². The Morgan fingerprint density at radius 3 is 2.68 bits per heavy atom. The van der Waals surface area contributed by atoms with Crippen LogP contribution >= 0.6 is 11.3 Å². The number of aromatic amines is 1. The van der Waals surface area contributed by atoms with Gasteiger partial charge in [0.25, 0.3) is 5.56 Å². The van der Waals surface area contributed by atoms with Gasteiger partial charge in [0.15, 0.2) is 9.84 Å². The zero-order chi connectivity index (χ0) is 24.0. The van der Waals surface area contributed by atoms with Gasteiger partial charge in [-0.25, -0.2) is 13.4 Å². The molecular formula is C24H27N5O3S2. The summed E-state index contributed by atoms with van der Waals surface area (Å²) in [7, 11) is -1.00. The minimum atomic E-state index is -2.98. The predicted molar refractivity (Wildman–Crippen MR) is 135 cm³/mol. The van der Waals surface area contributed by atoms with Gasteiger partial charge in [0.2, 0.25) is 0 Å². The molecule has 0 spiro atoms. The second-order valence-corrected chi connectivity index (χ2v) is 12.3. The first-order valence-electron chi connectivity index (χ1n) is 11.2. The van der Waals surface area contributed by atoms with Crippen molar-refractivity contribution in [3.05, 3.63) is 69.5 Å². The quantitative estimate of drug-likeness (QED) is 0.438. The molecule has 1 aliphatic rings. The Labute approximate surface area is 202 Å². The molecule has 1 fully saturated rings. The Morgan fingerprint density at radius 2 is 1.97 bits per heavy atom. The minimum Gasteiger partial charge on any atom is -0.309 e. The van der Waals surface area contributed by atoms with E-state index in [4.69, 9.17) is 4.98 Å². The number of aryl methyl sites for hydroxylation is 1. The van der Waals surface area contributed by atoms with Crippen molar-refractivity contribution in [2.45, 2.75) is 39.4 Å². The third kappa shape index (κ3) is 4.45. The van der Waals surface area contributed by atoms with Crippen molar-refractivity contribution in [2.24, 2.45) is 0 Å². The van der Waals surface area contributed by atoms with Gasteiger partial charge in [0, 0.05) is 22.7 Å². The zero-order valence-electron chi connectivity index (χ0n) is 19.4. The van der Waals surface area contributed by atoms with Crippen molar-refractivity contribution in [1.82, 2.24) is 24.6 Å². The second-order valence-electron chi connectivity index (χ2n) is 9.03. The standard InChI is InChI=1S/C24H27N5O3S2/c1-15-20(16(2)29(27-15)18-9-10-34(31,32)14-18)12-28(3)13-22-25-23(30)19-11-21(33-24(19)26-22)17-7-5-4-6-8-17/h4-8,11,18H,9-10,12-14H2,1-3H3,(H,25,26,30)/t18-/m0/s1. The van der Waals surface area contributed by atoms with E-state index in [9.17, 15) is 13.2 Å². The molecule has 0 bridgehead atoms. The Balaban J connectivity index is 1.35. The number of rotatable bonds is 6. The maximum Gasteiger partial charge on any atom is 0.259 e. The molecule has 0 aliphatic carbocycles. The summed E-state index contributed by atoms with van der Waals surface area (Å²) >= 11 is 1.52. The molecule has 10 heteroatoms. The molecule has 178 valence electrons. The minimum absolute atomic E-state index is 0.0965. The van der Waals surface area contributed by atoms with E-state index in [1.807, 2.05) is 62.0 Å². The number of sulfone groups is 1. The molecule has 4 heterocycles. The van der Waals surface area contributed by atoms with Crippen molar-refractivity contribution < 1.29 is 8.42 Å². The molecule has 1 aromatic carbocycles. The van der Waals surface area contributed by atoms with E-state index in [0.717, 1.165) is 32.2 Å². The Kier molecular flexibility index (Phi) is 5.91. The lowest BCUT2D eigenvalue weighted by molar-refractivity contribution is 0.309. The molecule has 34 heavy (non-hydrogen) atoms. The van der Waals surface area contributed by atoms with E-state index in [1.165, 1.54) is 11.3 Å². The molecule has 0 saturated carbocycles. The van der Waals surface area contributed by atoms with Gasteiger partial charge in [-0.2, -0.15) is 5.10 Å². The van der Waals surface area contributed by atoms with Gasteiger partial charge >= 0.3 is 0 Å². The molecule has 1 saturated heterocycles. The molecule has 1 N–H and O–H groups in total. The van der Waals surface area contributed by atoms with E-state index in [-0.39, 0.29) is 23.1 Å². The largest absolute Gasteiger partial charge is 0.309 e. The zero-order valence-corrected chi connectivity index (χ0v) is 21.0. The number of aromatic nitrogens is 4. The fraction of sp³-hybridized carbons (Fsp3) is 0.375. The molecule has 8 nitrogen and oxygen atoms in total. The fourth-order valence-corrected chi connectivity index (χ4v) is 7.38. The van der Waals surface area contributed by atoms with Gasteiger partial charge in [-0.15, -0.1) is 11.3 Å². The average molecular weight is 498 g/mol. The molecule has 4 aromatic rings. The van der Waals surface area contributed by atoms with Gasteiger partial charge in [-0.05, 0) is 38.9 Å². The number of benzene rings is 1. The van der Waals surface area contributed by atoms with Crippen LogP contribution in [0.1, 0.15) is 35.2 Å². The number of fused-ring (bicyclic) bond motifs is 1. The highest BCUT2D eigenvalue weighted by Gasteiger charge is 2.31. The topological polar surface area (TPSA) is 101 Å². The predicted octanol–water partition coefficient (Wildman–Crippen LogP) is 3.46. The number of H-pyrrole nitrogens is 1. The van der Waals surface area contributed by atoms with Gasteiger partial charge in [0.05, 0.1) is 35.2 Å². The summed E-state index contributed by atoms with van der Waals surface area (Å²) in [6, 6.07) is 11.8. The van der Waals surface area contributed by atoms with Crippen LogP contribution in [0.2, 0.25) is 0 Å². The SMILES string of the molecule is Cc1nn([C@H]2CCS(=O)(=O)C2)c(C)c1CN(C)Cc1nc2sc(-c3ccccc3)cc2c(=O)[nH]1. The van der Waals surface area contributed by atoms with Gasteiger partial charge in [-0.3, -0.25) is 14.4 Å². The summed E-state index contributed by atoms with van der Waals surface area (Å²) in [4.78, 5) is 24.2. The summed E-state index contributed by atoms with van der Waals surface area (Å²) in [5.41, 5.74) is 3.92. The summed E-state index contributed by atoms with van der Waals surface area (Å²) in [5, 5.41) is 5.26. The summed E-state index contributed by atoms with van der Waals surface area (Å²) < 4.78 is 25.7. The second kappa shape index (κ2) is 8.75. The smallest absolute Gasteiger partial charge is 0.259 e. The highest BCUT2D eigenvalue weighted by Crippen LogP contribution is 2.31. The lowest BCUT2D eigenvalue weighted by atomic mass is 10.1. The summed E-state index contributed by atoms with van der Waals surface area (Å²) in [6.07, 6.45) is 0.608. The first-order chi connectivity index (χ1) is 16.2.